The molecule has 122 valence electrons. The summed E-state index contributed by atoms with van der Waals surface area (Å²) in [5, 5.41) is 19.0. The maximum atomic E-state index is 9.22. The maximum Gasteiger partial charge on any atom is 0.171 e. The van der Waals surface area contributed by atoms with Gasteiger partial charge in [-0.25, -0.2) is 14.6 Å². The molecule has 0 spiro atoms. The molecule has 0 aliphatic rings. The second-order valence-electron chi connectivity index (χ2n) is 5.23. The molecule has 0 aliphatic carbocycles. The molecule has 8 heteroatoms. The maximum absolute atomic E-state index is 9.22. The number of rotatable bonds is 5. The Morgan fingerprint density at radius 3 is 2.96 bits per heavy atom. The van der Waals surface area contributed by atoms with Gasteiger partial charge < -0.3 is 10.3 Å². The zero-order valence-corrected chi connectivity index (χ0v) is 13.8. The van der Waals surface area contributed by atoms with Crippen molar-refractivity contribution in [2.45, 2.75) is 6.04 Å². The molecule has 0 unspecified atom stereocenters. The summed E-state index contributed by atoms with van der Waals surface area (Å²) >= 11 is 1.65. The summed E-state index contributed by atoms with van der Waals surface area (Å²) in [5.74, 6) is 1.33. The predicted octanol–water partition coefficient (Wildman–Crippen LogP) is 3.13. The van der Waals surface area contributed by atoms with Gasteiger partial charge in [0.25, 0.3) is 0 Å². The van der Waals surface area contributed by atoms with Crippen molar-refractivity contribution in [3.8, 4) is 11.9 Å². The van der Waals surface area contributed by atoms with Gasteiger partial charge in [-0.2, -0.15) is 10.4 Å². The van der Waals surface area contributed by atoms with E-state index >= 15 is 0 Å². The number of thiophene rings is 1. The molecule has 0 bridgehead atoms. The average Bonchev–Trinajstić information content (AvgIpc) is 3.42. The molecule has 25 heavy (non-hydrogen) atoms. The number of H-pyrrole nitrogens is 1. The van der Waals surface area contributed by atoms with Gasteiger partial charge in [-0.05, 0) is 23.6 Å². The largest absolute Gasteiger partial charge is 0.368 e. The van der Waals surface area contributed by atoms with Crippen molar-refractivity contribution >= 4 is 17.0 Å². The number of pyridine rings is 1. The summed E-state index contributed by atoms with van der Waals surface area (Å²) in [6.45, 7) is 0. The number of nitriles is 1. The van der Waals surface area contributed by atoms with Gasteiger partial charge in [0.15, 0.2) is 5.82 Å². The van der Waals surface area contributed by atoms with E-state index in [0.717, 1.165) is 16.4 Å². The van der Waals surface area contributed by atoms with Crippen LogP contribution in [0.1, 0.15) is 22.3 Å². The lowest BCUT2D eigenvalue weighted by atomic mass is 10.2. The van der Waals surface area contributed by atoms with Crippen molar-refractivity contribution in [3.05, 3.63) is 76.9 Å². The fourth-order valence-electron chi connectivity index (χ4n) is 2.51. The van der Waals surface area contributed by atoms with Crippen LogP contribution in [0.4, 0.5) is 5.69 Å². The van der Waals surface area contributed by atoms with Crippen molar-refractivity contribution in [3.63, 3.8) is 0 Å². The van der Waals surface area contributed by atoms with Crippen LogP contribution in [-0.4, -0.2) is 24.7 Å². The lowest BCUT2D eigenvalue weighted by Crippen LogP contribution is -2.12. The lowest BCUT2D eigenvalue weighted by molar-refractivity contribution is 0.842. The highest BCUT2D eigenvalue weighted by Crippen LogP contribution is 2.28. The van der Waals surface area contributed by atoms with Crippen LogP contribution < -0.4 is 5.32 Å². The van der Waals surface area contributed by atoms with Crippen molar-refractivity contribution < 1.29 is 0 Å². The fourth-order valence-corrected chi connectivity index (χ4v) is 3.29. The smallest absolute Gasteiger partial charge is 0.171 e. The predicted molar refractivity (Wildman–Crippen MR) is 94.4 cm³/mol. The van der Waals surface area contributed by atoms with Gasteiger partial charge in [-0.15, -0.1) is 11.3 Å². The van der Waals surface area contributed by atoms with E-state index in [1.165, 1.54) is 0 Å². The Balaban J connectivity index is 1.65. The average molecular weight is 347 g/mol. The first-order chi connectivity index (χ1) is 12.3. The number of hydrogen-bond donors (Lipinski definition) is 2. The quantitative estimate of drug-likeness (QED) is 0.578. The SMILES string of the molecule is N#Cc1cccnc1-n1cc(N[C@H](c2ncc[nH]2)c2cccs2)cn1. The molecule has 2 N–H and O–H groups in total. The number of hydrogen-bond acceptors (Lipinski definition) is 6. The van der Waals surface area contributed by atoms with Gasteiger partial charge in [-0.3, -0.25) is 0 Å². The molecular weight excluding hydrogens is 334 g/mol. The molecule has 7 nitrogen and oxygen atoms in total. The molecule has 4 heterocycles. The molecule has 0 fully saturated rings. The van der Waals surface area contributed by atoms with E-state index in [1.807, 2.05) is 17.6 Å². The van der Waals surface area contributed by atoms with Crippen LogP contribution in [0.5, 0.6) is 0 Å². The van der Waals surface area contributed by atoms with Crippen LogP contribution >= 0.6 is 11.3 Å². The minimum Gasteiger partial charge on any atom is -0.368 e. The van der Waals surface area contributed by atoms with Crippen molar-refractivity contribution in [2.24, 2.45) is 0 Å². The number of nitrogens with one attached hydrogen (secondary N) is 2. The van der Waals surface area contributed by atoms with E-state index in [4.69, 9.17) is 0 Å². The lowest BCUT2D eigenvalue weighted by Gasteiger charge is -2.15. The first kappa shape index (κ1) is 15.1. The number of aromatic nitrogens is 5. The van der Waals surface area contributed by atoms with E-state index in [-0.39, 0.29) is 6.04 Å². The van der Waals surface area contributed by atoms with E-state index in [2.05, 4.69) is 37.5 Å². The first-order valence-electron chi connectivity index (χ1n) is 7.54. The molecule has 1 atom stereocenters. The molecule has 0 saturated carbocycles. The Morgan fingerprint density at radius 2 is 2.20 bits per heavy atom. The van der Waals surface area contributed by atoms with Gasteiger partial charge in [0.05, 0.1) is 23.6 Å². The Kier molecular flexibility index (Phi) is 3.98. The van der Waals surface area contributed by atoms with Crippen LogP contribution in [0.25, 0.3) is 5.82 Å². The van der Waals surface area contributed by atoms with Crippen molar-refractivity contribution in [2.75, 3.05) is 5.32 Å². The second kappa shape index (κ2) is 6.59. The van der Waals surface area contributed by atoms with Crippen LogP contribution in [0.3, 0.4) is 0 Å². The summed E-state index contributed by atoms with van der Waals surface area (Å²) in [6.07, 6.45) is 8.69. The first-order valence-corrected chi connectivity index (χ1v) is 8.42. The molecule has 0 saturated heterocycles. The topological polar surface area (TPSA) is 95.2 Å². The molecule has 4 aromatic heterocycles. The Morgan fingerprint density at radius 1 is 1.24 bits per heavy atom. The highest BCUT2D eigenvalue weighted by Gasteiger charge is 2.18. The van der Waals surface area contributed by atoms with Crippen molar-refractivity contribution in [1.82, 2.24) is 24.7 Å². The van der Waals surface area contributed by atoms with Gasteiger partial charge in [0.1, 0.15) is 17.9 Å². The van der Waals surface area contributed by atoms with Gasteiger partial charge in [0, 0.05) is 23.5 Å². The summed E-state index contributed by atoms with van der Waals surface area (Å²) in [4.78, 5) is 12.9. The second-order valence-corrected chi connectivity index (χ2v) is 6.21. The molecular formula is C17H13N7S. The molecule has 0 aliphatic heterocycles. The third kappa shape index (κ3) is 3.00. The molecule has 0 amide bonds. The van der Waals surface area contributed by atoms with Crippen LogP contribution in [0.2, 0.25) is 0 Å². The fraction of sp³-hybridized carbons (Fsp3) is 0.0588. The molecule has 4 rings (SSSR count). The Hall–Kier alpha value is -3.44. The molecule has 4 aromatic rings. The van der Waals surface area contributed by atoms with Gasteiger partial charge >= 0.3 is 0 Å². The zero-order valence-electron chi connectivity index (χ0n) is 13.0. The van der Waals surface area contributed by atoms with E-state index < -0.39 is 0 Å². The number of aromatic amines is 1. The van der Waals surface area contributed by atoms with Crippen molar-refractivity contribution in [1.29, 1.82) is 5.26 Å². The van der Waals surface area contributed by atoms with Gasteiger partial charge in [0.2, 0.25) is 0 Å². The Bertz CT molecular complexity index is 962. The number of anilines is 1. The third-order valence-electron chi connectivity index (χ3n) is 3.64. The summed E-state index contributed by atoms with van der Waals surface area (Å²) in [7, 11) is 0. The van der Waals surface area contributed by atoms with Crippen LogP contribution in [-0.2, 0) is 0 Å². The highest BCUT2D eigenvalue weighted by molar-refractivity contribution is 7.10. The summed E-state index contributed by atoms with van der Waals surface area (Å²) in [5.41, 5.74) is 1.28. The van der Waals surface area contributed by atoms with Crippen LogP contribution in [0, 0.1) is 11.3 Å². The van der Waals surface area contributed by atoms with E-state index in [1.54, 1.807) is 52.9 Å². The Labute approximate surface area is 147 Å². The van der Waals surface area contributed by atoms with Crippen LogP contribution in [0.15, 0.2) is 60.6 Å². The van der Waals surface area contributed by atoms with E-state index in [0.29, 0.717) is 11.4 Å². The standard InChI is InChI=1S/C17H13N7S/c18-9-12-3-1-5-21-17(12)24-11-13(10-22-24)23-15(14-4-2-8-25-14)16-19-6-7-20-16/h1-8,10-11,15,23H,(H,19,20)/t15-/m0/s1. The summed E-state index contributed by atoms with van der Waals surface area (Å²) < 4.78 is 1.59. The number of nitrogens with zero attached hydrogens (tertiary/aromatic N) is 5. The third-order valence-corrected chi connectivity index (χ3v) is 4.58. The molecule has 0 radical (unpaired) electrons. The minimum atomic E-state index is -0.105. The normalized spacial score (nSPS) is 11.8. The summed E-state index contributed by atoms with van der Waals surface area (Å²) in [6, 6.07) is 9.54. The highest BCUT2D eigenvalue weighted by atomic mass is 32.1. The monoisotopic (exact) mass is 347 g/mol. The number of imidazole rings is 1. The minimum absolute atomic E-state index is 0.105. The zero-order chi connectivity index (χ0) is 17.1. The van der Waals surface area contributed by atoms with Gasteiger partial charge in [-0.1, -0.05) is 6.07 Å². The van der Waals surface area contributed by atoms with E-state index in [9.17, 15) is 5.26 Å². The molecule has 0 aromatic carbocycles.